The second-order valence-corrected chi connectivity index (χ2v) is 5.90. The van der Waals surface area contributed by atoms with Gasteiger partial charge in [0.25, 0.3) is 0 Å². The Labute approximate surface area is 112 Å². The van der Waals surface area contributed by atoms with Crippen LogP contribution in [0, 0.1) is 20.8 Å². The van der Waals surface area contributed by atoms with Gasteiger partial charge in [-0.15, -0.1) is 11.3 Å². The van der Waals surface area contributed by atoms with Crippen molar-refractivity contribution < 1.29 is 4.74 Å². The maximum atomic E-state index is 5.88. The lowest BCUT2D eigenvalue weighted by atomic mass is 10.1. The second-order valence-electron chi connectivity index (χ2n) is 4.56. The number of hydrogen-bond donors (Lipinski definition) is 1. The molecule has 3 heteroatoms. The summed E-state index contributed by atoms with van der Waals surface area (Å²) >= 11 is 1.75. The van der Waals surface area contributed by atoms with E-state index < -0.39 is 0 Å². The Balaban J connectivity index is 2.08. The summed E-state index contributed by atoms with van der Waals surface area (Å²) in [7, 11) is 0. The molecule has 18 heavy (non-hydrogen) atoms. The van der Waals surface area contributed by atoms with Gasteiger partial charge in [0.05, 0.1) is 0 Å². The minimum absolute atomic E-state index is 0.606. The van der Waals surface area contributed by atoms with Crippen LogP contribution in [0.15, 0.2) is 24.3 Å². The van der Waals surface area contributed by atoms with Crippen molar-refractivity contribution in [2.24, 2.45) is 5.73 Å². The lowest BCUT2D eigenvalue weighted by molar-refractivity contribution is 0.304. The third kappa shape index (κ3) is 2.92. The smallest absolute Gasteiger partial charge is 0.122 e. The molecule has 1 aromatic carbocycles. The van der Waals surface area contributed by atoms with E-state index >= 15 is 0 Å². The van der Waals surface area contributed by atoms with Crippen molar-refractivity contribution in [3.05, 3.63) is 50.7 Å². The molecule has 0 fully saturated rings. The van der Waals surface area contributed by atoms with Crippen molar-refractivity contribution in [3.8, 4) is 5.75 Å². The molecule has 0 unspecified atom stereocenters. The first kappa shape index (κ1) is 13.1. The van der Waals surface area contributed by atoms with E-state index in [4.69, 9.17) is 10.5 Å². The van der Waals surface area contributed by atoms with E-state index in [1.54, 1.807) is 11.3 Å². The van der Waals surface area contributed by atoms with Crippen LogP contribution in [-0.2, 0) is 13.2 Å². The molecule has 96 valence electrons. The minimum atomic E-state index is 0.606. The zero-order valence-corrected chi connectivity index (χ0v) is 11.9. The molecule has 2 N–H and O–H groups in total. The van der Waals surface area contributed by atoms with E-state index in [9.17, 15) is 0 Å². The fourth-order valence-corrected chi connectivity index (χ4v) is 2.88. The van der Waals surface area contributed by atoms with Crippen LogP contribution >= 0.6 is 11.3 Å². The first-order valence-electron chi connectivity index (χ1n) is 6.08. The van der Waals surface area contributed by atoms with Crippen LogP contribution in [0.5, 0.6) is 5.75 Å². The number of aryl methyl sites for hydroxylation is 3. The van der Waals surface area contributed by atoms with Gasteiger partial charge in [0.2, 0.25) is 0 Å². The third-order valence-corrected chi connectivity index (χ3v) is 4.10. The predicted molar refractivity (Wildman–Crippen MR) is 77.2 cm³/mol. The van der Waals surface area contributed by atoms with Crippen molar-refractivity contribution in [1.29, 1.82) is 0 Å². The summed E-state index contributed by atoms with van der Waals surface area (Å²) < 4.78 is 5.88. The predicted octanol–water partition coefficient (Wildman–Crippen LogP) is 3.71. The molecule has 0 bridgehead atoms. The van der Waals surface area contributed by atoms with E-state index in [0.29, 0.717) is 13.2 Å². The molecule has 0 saturated heterocycles. The Morgan fingerprint density at radius 1 is 1.17 bits per heavy atom. The lowest BCUT2D eigenvalue weighted by Crippen LogP contribution is -1.97. The average Bonchev–Trinajstić information content (AvgIpc) is 2.69. The largest absolute Gasteiger partial charge is 0.489 e. The normalized spacial score (nSPS) is 10.7. The second kappa shape index (κ2) is 5.55. The van der Waals surface area contributed by atoms with Crippen molar-refractivity contribution >= 4 is 11.3 Å². The Morgan fingerprint density at radius 3 is 2.56 bits per heavy atom. The summed E-state index contributed by atoms with van der Waals surface area (Å²) in [6, 6.07) is 8.40. The van der Waals surface area contributed by atoms with E-state index in [-0.39, 0.29) is 0 Å². The van der Waals surface area contributed by atoms with Crippen molar-refractivity contribution in [1.82, 2.24) is 0 Å². The molecule has 2 rings (SSSR count). The van der Waals surface area contributed by atoms with E-state index in [2.05, 4.69) is 39.0 Å². The van der Waals surface area contributed by atoms with Gasteiger partial charge in [-0.25, -0.2) is 0 Å². The van der Waals surface area contributed by atoms with Crippen molar-refractivity contribution in [3.63, 3.8) is 0 Å². The first-order valence-corrected chi connectivity index (χ1v) is 6.90. The Morgan fingerprint density at radius 2 is 1.94 bits per heavy atom. The first-order chi connectivity index (χ1) is 8.60. The highest BCUT2D eigenvalue weighted by Gasteiger charge is 2.06. The summed E-state index contributed by atoms with van der Waals surface area (Å²) in [4.78, 5) is 2.51. The quantitative estimate of drug-likeness (QED) is 0.910. The standard InChI is InChI=1S/C15H19NOS/c1-10-4-5-15(11(2)6-10)17-9-13-7-14(8-16)18-12(13)3/h4-7H,8-9,16H2,1-3H3. The maximum Gasteiger partial charge on any atom is 0.122 e. The van der Waals surface area contributed by atoms with E-state index in [1.807, 2.05) is 6.07 Å². The van der Waals surface area contributed by atoms with Crippen LogP contribution in [0.1, 0.15) is 26.4 Å². The van der Waals surface area contributed by atoms with Crippen LogP contribution in [0.3, 0.4) is 0 Å². The van der Waals surface area contributed by atoms with Crippen LogP contribution in [0.25, 0.3) is 0 Å². The number of nitrogens with two attached hydrogens (primary N) is 1. The van der Waals surface area contributed by atoms with Gasteiger partial charge in [-0.05, 0) is 38.5 Å². The lowest BCUT2D eigenvalue weighted by Gasteiger charge is -2.09. The number of ether oxygens (including phenoxy) is 1. The van der Waals surface area contributed by atoms with Crippen LogP contribution in [0.2, 0.25) is 0 Å². The molecule has 0 amide bonds. The summed E-state index contributed by atoms with van der Waals surface area (Å²) in [5, 5.41) is 0. The van der Waals surface area contributed by atoms with Gasteiger partial charge >= 0.3 is 0 Å². The molecule has 2 aromatic rings. The summed E-state index contributed by atoms with van der Waals surface area (Å²) in [5.41, 5.74) is 9.33. The zero-order chi connectivity index (χ0) is 13.1. The maximum absolute atomic E-state index is 5.88. The zero-order valence-electron chi connectivity index (χ0n) is 11.1. The molecule has 0 aliphatic carbocycles. The van der Waals surface area contributed by atoms with E-state index in [0.717, 1.165) is 5.75 Å². The Kier molecular flexibility index (Phi) is 4.04. The number of benzene rings is 1. The van der Waals surface area contributed by atoms with E-state index in [1.165, 1.54) is 26.4 Å². The van der Waals surface area contributed by atoms with Gasteiger partial charge in [0.1, 0.15) is 12.4 Å². The van der Waals surface area contributed by atoms with Gasteiger partial charge in [0, 0.05) is 21.9 Å². The highest BCUT2D eigenvalue weighted by molar-refractivity contribution is 7.12. The van der Waals surface area contributed by atoms with Gasteiger partial charge in [0.15, 0.2) is 0 Å². The SMILES string of the molecule is Cc1ccc(OCc2cc(CN)sc2C)c(C)c1. The molecule has 0 aliphatic heterocycles. The number of thiophene rings is 1. The molecule has 0 radical (unpaired) electrons. The average molecular weight is 261 g/mol. The minimum Gasteiger partial charge on any atom is -0.489 e. The third-order valence-electron chi connectivity index (χ3n) is 2.99. The molecule has 1 heterocycles. The van der Waals surface area contributed by atoms with Gasteiger partial charge in [-0.3, -0.25) is 0 Å². The number of hydrogen-bond acceptors (Lipinski definition) is 3. The number of rotatable bonds is 4. The fourth-order valence-electron chi connectivity index (χ4n) is 1.95. The van der Waals surface area contributed by atoms with Crippen molar-refractivity contribution in [2.45, 2.75) is 33.9 Å². The topological polar surface area (TPSA) is 35.2 Å². The molecule has 1 aromatic heterocycles. The summed E-state index contributed by atoms with van der Waals surface area (Å²) in [6.45, 7) is 7.51. The fraction of sp³-hybridized carbons (Fsp3) is 0.333. The molecular weight excluding hydrogens is 242 g/mol. The van der Waals surface area contributed by atoms with Gasteiger partial charge in [-0.2, -0.15) is 0 Å². The van der Waals surface area contributed by atoms with Crippen LogP contribution in [0.4, 0.5) is 0 Å². The molecule has 2 nitrogen and oxygen atoms in total. The van der Waals surface area contributed by atoms with Gasteiger partial charge < -0.3 is 10.5 Å². The highest BCUT2D eigenvalue weighted by Crippen LogP contribution is 2.24. The molecule has 0 spiro atoms. The van der Waals surface area contributed by atoms with Crippen LogP contribution < -0.4 is 10.5 Å². The monoisotopic (exact) mass is 261 g/mol. The van der Waals surface area contributed by atoms with Gasteiger partial charge in [-0.1, -0.05) is 17.7 Å². The molecule has 0 saturated carbocycles. The molecule has 0 atom stereocenters. The van der Waals surface area contributed by atoms with Crippen LogP contribution in [-0.4, -0.2) is 0 Å². The van der Waals surface area contributed by atoms with Crippen molar-refractivity contribution in [2.75, 3.05) is 0 Å². The molecule has 0 aliphatic rings. The highest BCUT2D eigenvalue weighted by atomic mass is 32.1. The summed E-state index contributed by atoms with van der Waals surface area (Å²) in [6.07, 6.45) is 0. The molecular formula is C15H19NOS. The Bertz CT molecular complexity index is 545. The Hall–Kier alpha value is -1.32. The summed E-state index contributed by atoms with van der Waals surface area (Å²) in [5.74, 6) is 0.959.